The highest BCUT2D eigenvalue weighted by atomic mass is 19.4. The summed E-state index contributed by atoms with van der Waals surface area (Å²) in [7, 11) is 0. The Kier molecular flexibility index (Phi) is 4.65. The molecule has 2 aromatic carbocycles. The summed E-state index contributed by atoms with van der Waals surface area (Å²) in [6.45, 7) is 1.50. The number of halogens is 3. The molecule has 24 heavy (non-hydrogen) atoms. The molecule has 1 fully saturated rings. The number of rotatable bonds is 3. The minimum Gasteiger partial charge on any atom is -0.380 e. The lowest BCUT2D eigenvalue weighted by atomic mass is 9.72. The zero-order valence-electron chi connectivity index (χ0n) is 13.2. The molecular formula is C19H20F3NO. The molecule has 1 aliphatic rings. The molecule has 0 spiro atoms. The number of hydrogen-bond donors (Lipinski definition) is 2. The molecule has 0 aromatic heterocycles. The van der Waals surface area contributed by atoms with Gasteiger partial charge in [0.15, 0.2) is 0 Å². The van der Waals surface area contributed by atoms with Crippen LogP contribution in [0.15, 0.2) is 54.6 Å². The predicted molar refractivity (Wildman–Crippen MR) is 86.5 cm³/mol. The van der Waals surface area contributed by atoms with Crippen molar-refractivity contribution < 1.29 is 18.3 Å². The van der Waals surface area contributed by atoms with Crippen LogP contribution >= 0.6 is 0 Å². The van der Waals surface area contributed by atoms with Gasteiger partial charge in [-0.25, -0.2) is 0 Å². The molecule has 1 heterocycles. The summed E-state index contributed by atoms with van der Waals surface area (Å²) in [5.74, 6) is -0.135. The molecule has 128 valence electrons. The average Bonchev–Trinajstić information content (AvgIpc) is 2.62. The quantitative estimate of drug-likeness (QED) is 0.890. The van der Waals surface area contributed by atoms with Crippen LogP contribution in [0.3, 0.4) is 0 Å². The van der Waals surface area contributed by atoms with Crippen LogP contribution in [0.25, 0.3) is 0 Å². The van der Waals surface area contributed by atoms with Crippen LogP contribution in [0.1, 0.15) is 29.5 Å². The molecule has 1 atom stereocenters. The third-order valence-electron chi connectivity index (χ3n) is 4.77. The standard InChI is InChI=1S/C19H20F3NO/c20-19(21,22)17-8-4-7-16(13-17)18(24,14-5-2-1-3-6-14)15-9-11-23-12-10-15/h1-8,13,15,23-24H,9-12H2. The molecule has 5 heteroatoms. The minimum absolute atomic E-state index is 0.135. The zero-order chi connectivity index (χ0) is 17.2. The fourth-order valence-corrected chi connectivity index (χ4v) is 3.50. The first-order chi connectivity index (χ1) is 11.4. The van der Waals surface area contributed by atoms with Gasteiger partial charge in [-0.2, -0.15) is 13.2 Å². The van der Waals surface area contributed by atoms with Gasteiger partial charge in [0.1, 0.15) is 5.60 Å². The molecule has 2 aromatic rings. The normalized spacial score (nSPS) is 19.0. The van der Waals surface area contributed by atoms with Crippen molar-refractivity contribution in [3.05, 3.63) is 71.3 Å². The Morgan fingerprint density at radius 2 is 1.42 bits per heavy atom. The third kappa shape index (κ3) is 3.19. The molecule has 2 nitrogen and oxygen atoms in total. The van der Waals surface area contributed by atoms with Gasteiger partial charge in [0, 0.05) is 0 Å². The van der Waals surface area contributed by atoms with Gasteiger partial charge in [-0.05, 0) is 55.1 Å². The maximum Gasteiger partial charge on any atom is 0.416 e. The van der Waals surface area contributed by atoms with Gasteiger partial charge < -0.3 is 10.4 Å². The van der Waals surface area contributed by atoms with E-state index in [-0.39, 0.29) is 5.92 Å². The van der Waals surface area contributed by atoms with Gasteiger partial charge in [0.25, 0.3) is 0 Å². The van der Waals surface area contributed by atoms with Crippen molar-refractivity contribution in [2.75, 3.05) is 13.1 Å². The van der Waals surface area contributed by atoms with Crippen LogP contribution in [0.5, 0.6) is 0 Å². The molecule has 3 rings (SSSR count). The van der Waals surface area contributed by atoms with Crippen molar-refractivity contribution >= 4 is 0 Å². The van der Waals surface area contributed by atoms with E-state index in [9.17, 15) is 18.3 Å². The fourth-order valence-electron chi connectivity index (χ4n) is 3.50. The van der Waals surface area contributed by atoms with E-state index in [2.05, 4.69) is 5.32 Å². The Bertz CT molecular complexity index is 681. The lowest BCUT2D eigenvalue weighted by Crippen LogP contribution is -2.42. The number of benzene rings is 2. The summed E-state index contributed by atoms with van der Waals surface area (Å²) in [4.78, 5) is 0. The number of hydrogen-bond acceptors (Lipinski definition) is 2. The molecule has 0 bridgehead atoms. The molecule has 2 N–H and O–H groups in total. The smallest absolute Gasteiger partial charge is 0.380 e. The maximum absolute atomic E-state index is 13.1. The Morgan fingerprint density at radius 1 is 0.833 bits per heavy atom. The first kappa shape index (κ1) is 17.0. The van der Waals surface area contributed by atoms with E-state index < -0.39 is 17.3 Å². The van der Waals surface area contributed by atoms with E-state index in [1.54, 1.807) is 30.3 Å². The first-order valence-electron chi connectivity index (χ1n) is 8.08. The Morgan fingerprint density at radius 3 is 2.04 bits per heavy atom. The molecule has 0 saturated carbocycles. The average molecular weight is 335 g/mol. The van der Waals surface area contributed by atoms with Crippen LogP contribution in [0, 0.1) is 5.92 Å². The number of piperidine rings is 1. The highest BCUT2D eigenvalue weighted by molar-refractivity contribution is 5.39. The Balaban J connectivity index is 2.11. The van der Waals surface area contributed by atoms with Crippen molar-refractivity contribution in [3.63, 3.8) is 0 Å². The molecule has 0 aliphatic carbocycles. The second kappa shape index (κ2) is 6.57. The topological polar surface area (TPSA) is 32.3 Å². The molecule has 1 unspecified atom stereocenters. The van der Waals surface area contributed by atoms with E-state index in [0.29, 0.717) is 24.0 Å². The predicted octanol–water partition coefficient (Wildman–Crippen LogP) is 3.94. The van der Waals surface area contributed by atoms with Crippen molar-refractivity contribution in [1.82, 2.24) is 5.32 Å². The zero-order valence-corrected chi connectivity index (χ0v) is 13.2. The van der Waals surface area contributed by atoms with Crippen molar-refractivity contribution in [2.24, 2.45) is 5.92 Å². The van der Waals surface area contributed by atoms with E-state index in [1.807, 2.05) is 6.07 Å². The number of alkyl halides is 3. The summed E-state index contributed by atoms with van der Waals surface area (Å²) < 4.78 is 39.3. The van der Waals surface area contributed by atoms with Gasteiger partial charge in [0.05, 0.1) is 5.56 Å². The highest BCUT2D eigenvalue weighted by Crippen LogP contribution is 2.42. The first-order valence-corrected chi connectivity index (χ1v) is 8.08. The van der Waals surface area contributed by atoms with Gasteiger partial charge in [0.2, 0.25) is 0 Å². The highest BCUT2D eigenvalue weighted by Gasteiger charge is 2.42. The van der Waals surface area contributed by atoms with Crippen molar-refractivity contribution in [3.8, 4) is 0 Å². The lowest BCUT2D eigenvalue weighted by molar-refractivity contribution is -0.137. The second-order valence-corrected chi connectivity index (χ2v) is 6.24. The number of aliphatic hydroxyl groups is 1. The van der Waals surface area contributed by atoms with Gasteiger partial charge >= 0.3 is 6.18 Å². The van der Waals surface area contributed by atoms with Gasteiger partial charge in [-0.3, -0.25) is 0 Å². The van der Waals surface area contributed by atoms with E-state index in [4.69, 9.17) is 0 Å². The molecule has 0 amide bonds. The van der Waals surface area contributed by atoms with E-state index >= 15 is 0 Å². The summed E-state index contributed by atoms with van der Waals surface area (Å²) in [6.07, 6.45) is -3.01. The molecule has 1 aliphatic heterocycles. The van der Waals surface area contributed by atoms with Gasteiger partial charge in [-0.15, -0.1) is 0 Å². The summed E-state index contributed by atoms with van der Waals surface area (Å²) in [5, 5.41) is 14.8. The van der Waals surface area contributed by atoms with Crippen molar-refractivity contribution in [1.29, 1.82) is 0 Å². The molecule has 0 radical (unpaired) electrons. The van der Waals surface area contributed by atoms with Crippen LogP contribution < -0.4 is 5.32 Å². The maximum atomic E-state index is 13.1. The fraction of sp³-hybridized carbons (Fsp3) is 0.368. The van der Waals surface area contributed by atoms with Crippen molar-refractivity contribution in [2.45, 2.75) is 24.6 Å². The number of nitrogens with one attached hydrogen (secondary N) is 1. The Labute approximate surface area is 139 Å². The summed E-state index contributed by atoms with van der Waals surface area (Å²) in [6, 6.07) is 14.1. The molecular weight excluding hydrogens is 315 g/mol. The van der Waals surface area contributed by atoms with Crippen LogP contribution in [0.4, 0.5) is 13.2 Å². The lowest BCUT2D eigenvalue weighted by Gasteiger charge is -2.40. The summed E-state index contributed by atoms with van der Waals surface area (Å²) in [5.41, 5.74) is -1.22. The second-order valence-electron chi connectivity index (χ2n) is 6.24. The monoisotopic (exact) mass is 335 g/mol. The Hall–Kier alpha value is -1.85. The van der Waals surface area contributed by atoms with E-state index in [0.717, 1.165) is 25.2 Å². The van der Waals surface area contributed by atoms with Crippen LogP contribution in [-0.4, -0.2) is 18.2 Å². The van der Waals surface area contributed by atoms with Crippen LogP contribution in [-0.2, 0) is 11.8 Å². The van der Waals surface area contributed by atoms with Crippen LogP contribution in [0.2, 0.25) is 0 Å². The molecule has 1 saturated heterocycles. The SMILES string of the molecule is OC(c1ccccc1)(c1cccc(C(F)(F)F)c1)C1CCNCC1. The largest absolute Gasteiger partial charge is 0.416 e. The minimum atomic E-state index is -4.43. The van der Waals surface area contributed by atoms with Gasteiger partial charge in [-0.1, -0.05) is 42.5 Å². The van der Waals surface area contributed by atoms with E-state index in [1.165, 1.54) is 6.07 Å². The summed E-state index contributed by atoms with van der Waals surface area (Å²) >= 11 is 0. The third-order valence-corrected chi connectivity index (χ3v) is 4.77.